The summed E-state index contributed by atoms with van der Waals surface area (Å²) >= 11 is 0. The molecule has 0 spiro atoms. The van der Waals surface area contributed by atoms with E-state index in [-0.39, 0.29) is 0 Å². The molecule has 0 aromatic heterocycles. The summed E-state index contributed by atoms with van der Waals surface area (Å²) in [6.45, 7) is 9.93. The van der Waals surface area contributed by atoms with Crippen molar-refractivity contribution in [3.05, 3.63) is 35.2 Å². The molecule has 0 heterocycles. The van der Waals surface area contributed by atoms with Gasteiger partial charge in [-0.25, -0.2) is 4.85 Å². The molecule has 0 amide bonds. The van der Waals surface area contributed by atoms with E-state index in [9.17, 15) is 0 Å². The Balaban J connectivity index is 2.73. The molecule has 3 heteroatoms. The highest BCUT2D eigenvalue weighted by molar-refractivity contribution is 5.58. The summed E-state index contributed by atoms with van der Waals surface area (Å²) in [6.07, 6.45) is 0. The standard InChI is InChI=1S/C11H13NO2/c1-9-4-5-10(12-2)11(8-9)14-7-6-13-3/h4-5,8H,6-7H2,1,3H3. The van der Waals surface area contributed by atoms with Crippen molar-refractivity contribution < 1.29 is 9.47 Å². The number of nitrogens with zero attached hydrogens (tertiary/aromatic N) is 1. The number of methoxy groups -OCH3 is 1. The second kappa shape index (κ2) is 5.25. The average Bonchev–Trinajstić information content (AvgIpc) is 2.19. The van der Waals surface area contributed by atoms with Crippen LogP contribution < -0.4 is 4.74 Å². The molecular weight excluding hydrogens is 178 g/mol. The highest BCUT2D eigenvalue weighted by Crippen LogP contribution is 2.28. The molecule has 1 aromatic rings. The predicted molar refractivity (Wildman–Crippen MR) is 54.8 cm³/mol. The van der Waals surface area contributed by atoms with Crippen LogP contribution in [-0.2, 0) is 4.74 Å². The van der Waals surface area contributed by atoms with E-state index >= 15 is 0 Å². The zero-order valence-corrected chi connectivity index (χ0v) is 8.41. The summed E-state index contributed by atoms with van der Waals surface area (Å²) in [5.41, 5.74) is 1.64. The van der Waals surface area contributed by atoms with Crippen LogP contribution in [0, 0.1) is 13.5 Å². The van der Waals surface area contributed by atoms with Crippen molar-refractivity contribution in [3.63, 3.8) is 0 Å². The van der Waals surface area contributed by atoms with Crippen molar-refractivity contribution in [1.29, 1.82) is 0 Å². The minimum absolute atomic E-state index is 0.475. The summed E-state index contributed by atoms with van der Waals surface area (Å²) in [5, 5.41) is 0. The molecule has 0 radical (unpaired) electrons. The van der Waals surface area contributed by atoms with Crippen LogP contribution in [0.5, 0.6) is 5.75 Å². The first-order chi connectivity index (χ1) is 6.77. The van der Waals surface area contributed by atoms with Gasteiger partial charge < -0.3 is 9.47 Å². The normalized spacial score (nSPS) is 9.50. The first-order valence-electron chi connectivity index (χ1n) is 4.37. The van der Waals surface area contributed by atoms with Crippen LogP contribution in [0.25, 0.3) is 4.85 Å². The topological polar surface area (TPSA) is 22.8 Å². The van der Waals surface area contributed by atoms with Crippen molar-refractivity contribution in [2.24, 2.45) is 0 Å². The molecule has 0 saturated heterocycles. The fraction of sp³-hybridized carbons (Fsp3) is 0.364. The molecule has 0 atom stereocenters. The lowest BCUT2D eigenvalue weighted by atomic mass is 10.2. The van der Waals surface area contributed by atoms with Crippen LogP contribution in [0.1, 0.15) is 5.56 Å². The Morgan fingerprint density at radius 3 is 2.79 bits per heavy atom. The quantitative estimate of drug-likeness (QED) is 0.539. The maximum absolute atomic E-state index is 6.95. The molecule has 0 saturated carbocycles. The SMILES string of the molecule is [C-]#[N+]c1ccc(C)cc1OCCOC. The van der Waals surface area contributed by atoms with E-state index in [1.807, 2.05) is 19.1 Å². The van der Waals surface area contributed by atoms with Crippen molar-refractivity contribution in [1.82, 2.24) is 0 Å². The second-order valence-corrected chi connectivity index (χ2v) is 2.92. The number of hydrogen-bond donors (Lipinski definition) is 0. The van der Waals surface area contributed by atoms with Gasteiger partial charge in [-0.15, -0.1) is 0 Å². The monoisotopic (exact) mass is 191 g/mol. The lowest BCUT2D eigenvalue weighted by molar-refractivity contribution is 0.147. The van der Waals surface area contributed by atoms with Gasteiger partial charge in [-0.2, -0.15) is 0 Å². The number of aryl methyl sites for hydroxylation is 1. The van der Waals surface area contributed by atoms with E-state index in [0.717, 1.165) is 5.56 Å². The van der Waals surface area contributed by atoms with Crippen LogP contribution >= 0.6 is 0 Å². The molecule has 0 fully saturated rings. The molecule has 1 aromatic carbocycles. The first-order valence-corrected chi connectivity index (χ1v) is 4.37. The first kappa shape index (κ1) is 10.6. The Hall–Kier alpha value is -1.53. The zero-order valence-electron chi connectivity index (χ0n) is 8.41. The molecule has 74 valence electrons. The molecule has 1 rings (SSSR count). The van der Waals surface area contributed by atoms with Gasteiger partial charge in [0.15, 0.2) is 0 Å². The third kappa shape index (κ3) is 2.75. The largest absolute Gasteiger partial charge is 0.502 e. The van der Waals surface area contributed by atoms with Gasteiger partial charge in [0.05, 0.1) is 13.2 Å². The number of benzene rings is 1. The van der Waals surface area contributed by atoms with Gasteiger partial charge in [0, 0.05) is 7.11 Å². The average molecular weight is 191 g/mol. The summed E-state index contributed by atoms with van der Waals surface area (Å²) < 4.78 is 10.3. The van der Waals surface area contributed by atoms with Crippen molar-refractivity contribution in [2.45, 2.75) is 6.92 Å². The van der Waals surface area contributed by atoms with Crippen molar-refractivity contribution in [2.75, 3.05) is 20.3 Å². The summed E-state index contributed by atoms with van der Waals surface area (Å²) in [4.78, 5) is 3.37. The smallest absolute Gasteiger partial charge is 0.228 e. The maximum atomic E-state index is 6.95. The number of ether oxygens (including phenoxy) is 2. The molecule has 0 aliphatic heterocycles. The van der Waals surface area contributed by atoms with Crippen LogP contribution in [0.4, 0.5) is 5.69 Å². The Morgan fingerprint density at radius 2 is 2.14 bits per heavy atom. The van der Waals surface area contributed by atoms with Gasteiger partial charge in [-0.1, -0.05) is 17.7 Å². The lowest BCUT2D eigenvalue weighted by Gasteiger charge is -2.07. The number of rotatable bonds is 4. The zero-order chi connectivity index (χ0) is 10.4. The van der Waals surface area contributed by atoms with E-state index in [1.54, 1.807) is 13.2 Å². The summed E-state index contributed by atoms with van der Waals surface area (Å²) in [7, 11) is 1.62. The van der Waals surface area contributed by atoms with Crippen LogP contribution in [-0.4, -0.2) is 20.3 Å². The Kier molecular flexibility index (Phi) is 3.96. The Morgan fingerprint density at radius 1 is 1.36 bits per heavy atom. The third-order valence-electron chi connectivity index (χ3n) is 1.78. The molecular formula is C11H13NO2. The second-order valence-electron chi connectivity index (χ2n) is 2.92. The summed E-state index contributed by atoms with van der Waals surface area (Å²) in [6, 6.07) is 5.53. The van der Waals surface area contributed by atoms with Crippen LogP contribution in [0.3, 0.4) is 0 Å². The van der Waals surface area contributed by atoms with Crippen LogP contribution in [0.15, 0.2) is 18.2 Å². The molecule has 0 N–H and O–H groups in total. The highest BCUT2D eigenvalue weighted by atomic mass is 16.5. The van der Waals surface area contributed by atoms with E-state index in [2.05, 4.69) is 4.85 Å². The van der Waals surface area contributed by atoms with Gasteiger partial charge in [0.1, 0.15) is 12.4 Å². The minimum Gasteiger partial charge on any atom is -0.502 e. The molecule has 0 aliphatic rings. The minimum atomic E-state index is 0.475. The molecule has 0 bridgehead atoms. The van der Waals surface area contributed by atoms with E-state index in [0.29, 0.717) is 24.7 Å². The summed E-state index contributed by atoms with van der Waals surface area (Å²) in [5.74, 6) is 0.636. The van der Waals surface area contributed by atoms with Crippen molar-refractivity contribution in [3.8, 4) is 5.75 Å². The molecule has 14 heavy (non-hydrogen) atoms. The predicted octanol–water partition coefficient (Wildman–Crippen LogP) is 2.57. The third-order valence-corrected chi connectivity index (χ3v) is 1.78. The van der Waals surface area contributed by atoms with E-state index < -0.39 is 0 Å². The van der Waals surface area contributed by atoms with Gasteiger partial charge in [-0.3, -0.25) is 0 Å². The maximum Gasteiger partial charge on any atom is 0.228 e. The highest BCUT2D eigenvalue weighted by Gasteiger charge is 2.02. The van der Waals surface area contributed by atoms with Crippen LogP contribution in [0.2, 0.25) is 0 Å². The molecule has 0 aliphatic carbocycles. The molecule has 3 nitrogen and oxygen atoms in total. The fourth-order valence-electron chi connectivity index (χ4n) is 1.06. The van der Waals surface area contributed by atoms with Gasteiger partial charge >= 0.3 is 0 Å². The van der Waals surface area contributed by atoms with E-state index in [4.69, 9.17) is 16.0 Å². The van der Waals surface area contributed by atoms with Gasteiger partial charge in [0.2, 0.25) is 5.69 Å². The molecule has 0 unspecified atom stereocenters. The van der Waals surface area contributed by atoms with Gasteiger partial charge in [0.25, 0.3) is 0 Å². The fourth-order valence-corrected chi connectivity index (χ4v) is 1.06. The van der Waals surface area contributed by atoms with Gasteiger partial charge in [-0.05, 0) is 13.0 Å². The van der Waals surface area contributed by atoms with Crippen molar-refractivity contribution >= 4 is 5.69 Å². The Labute approximate surface area is 84.1 Å². The number of hydrogen-bond acceptors (Lipinski definition) is 2. The lowest BCUT2D eigenvalue weighted by Crippen LogP contribution is -2.04. The van der Waals surface area contributed by atoms with E-state index in [1.165, 1.54) is 0 Å². The Bertz CT molecular complexity index is 342.